The highest BCUT2D eigenvalue weighted by atomic mass is 16.5. The maximum absolute atomic E-state index is 12.2. The number of hydrogen-bond donors (Lipinski definition) is 4. The van der Waals surface area contributed by atoms with Crippen molar-refractivity contribution in [3.8, 4) is 5.75 Å². The Morgan fingerprint density at radius 3 is 2.26 bits per heavy atom. The molecular weight excluding hydrogens is 344 g/mol. The summed E-state index contributed by atoms with van der Waals surface area (Å²) >= 11 is 0. The minimum atomic E-state index is -0.478. The van der Waals surface area contributed by atoms with E-state index in [-0.39, 0.29) is 17.9 Å². The molecule has 5 N–H and O–H groups in total. The molecule has 2 aromatic rings. The molecule has 142 valence electrons. The summed E-state index contributed by atoms with van der Waals surface area (Å²) in [5.41, 5.74) is 7.25. The van der Waals surface area contributed by atoms with Crippen LogP contribution < -0.4 is 21.1 Å². The number of carbonyl (C=O) groups excluding carboxylic acids is 2. The second-order valence-electron chi connectivity index (χ2n) is 6.37. The lowest BCUT2D eigenvalue weighted by Gasteiger charge is -2.09. The maximum atomic E-state index is 12.2. The molecule has 0 heterocycles. The summed E-state index contributed by atoms with van der Waals surface area (Å²) in [4.78, 5) is 23.9. The second-order valence-corrected chi connectivity index (χ2v) is 6.37. The monoisotopic (exact) mass is 368 g/mol. The lowest BCUT2D eigenvalue weighted by atomic mass is 10.1. The SMILES string of the molecule is CC(C)NC(=O)CCc1ccc(OC(=O)c2ccc(NC(=N)N)cc2)cc1. The quantitative estimate of drug-likeness (QED) is 0.259. The minimum absolute atomic E-state index is 0.0169. The highest BCUT2D eigenvalue weighted by Gasteiger charge is 2.09. The molecule has 7 nitrogen and oxygen atoms in total. The van der Waals surface area contributed by atoms with Crippen molar-refractivity contribution in [2.24, 2.45) is 5.73 Å². The van der Waals surface area contributed by atoms with Crippen molar-refractivity contribution in [3.05, 3.63) is 59.7 Å². The number of nitrogens with one attached hydrogen (secondary N) is 3. The van der Waals surface area contributed by atoms with Crippen molar-refractivity contribution in [1.29, 1.82) is 5.41 Å². The van der Waals surface area contributed by atoms with Gasteiger partial charge >= 0.3 is 5.97 Å². The molecule has 7 heteroatoms. The van der Waals surface area contributed by atoms with Crippen LogP contribution in [-0.2, 0) is 11.2 Å². The molecule has 1 amide bonds. The Labute approximate surface area is 158 Å². The molecule has 0 aliphatic carbocycles. The maximum Gasteiger partial charge on any atom is 0.343 e. The predicted octanol–water partition coefficient (Wildman–Crippen LogP) is 2.67. The molecule has 0 bridgehead atoms. The Morgan fingerprint density at radius 2 is 1.70 bits per heavy atom. The van der Waals surface area contributed by atoms with Crippen molar-refractivity contribution in [3.63, 3.8) is 0 Å². The normalized spacial score (nSPS) is 10.3. The van der Waals surface area contributed by atoms with E-state index in [2.05, 4.69) is 10.6 Å². The summed E-state index contributed by atoms with van der Waals surface area (Å²) in [5, 5.41) is 12.7. The van der Waals surface area contributed by atoms with Gasteiger partial charge in [-0.05, 0) is 62.2 Å². The Morgan fingerprint density at radius 1 is 1.07 bits per heavy atom. The Hall–Kier alpha value is -3.35. The van der Waals surface area contributed by atoms with Crippen LogP contribution in [0.5, 0.6) is 5.75 Å². The first kappa shape index (κ1) is 20.0. The fraction of sp³-hybridized carbons (Fsp3) is 0.250. The van der Waals surface area contributed by atoms with Crippen molar-refractivity contribution in [2.75, 3.05) is 5.32 Å². The van der Waals surface area contributed by atoms with Gasteiger partial charge in [-0.2, -0.15) is 0 Å². The molecule has 0 saturated heterocycles. The Balaban J connectivity index is 1.89. The van der Waals surface area contributed by atoms with Gasteiger partial charge < -0.3 is 21.1 Å². The van der Waals surface area contributed by atoms with E-state index < -0.39 is 5.97 Å². The van der Waals surface area contributed by atoms with E-state index in [0.717, 1.165) is 5.56 Å². The average Bonchev–Trinajstić information content (AvgIpc) is 2.60. The number of amides is 1. The third-order valence-electron chi connectivity index (χ3n) is 3.62. The van der Waals surface area contributed by atoms with Crippen LogP contribution >= 0.6 is 0 Å². The van der Waals surface area contributed by atoms with Crippen LogP contribution in [0, 0.1) is 5.41 Å². The fourth-order valence-corrected chi connectivity index (χ4v) is 2.39. The topological polar surface area (TPSA) is 117 Å². The number of carbonyl (C=O) groups is 2. The number of hydrogen-bond acceptors (Lipinski definition) is 4. The molecule has 0 saturated carbocycles. The van der Waals surface area contributed by atoms with Crippen LogP contribution in [0.1, 0.15) is 36.2 Å². The summed E-state index contributed by atoms with van der Waals surface area (Å²) in [6.07, 6.45) is 1.04. The minimum Gasteiger partial charge on any atom is -0.423 e. The summed E-state index contributed by atoms with van der Waals surface area (Å²) in [6, 6.07) is 13.7. The molecule has 2 rings (SSSR count). The van der Waals surface area contributed by atoms with E-state index in [4.69, 9.17) is 15.9 Å². The molecule has 0 aromatic heterocycles. The van der Waals surface area contributed by atoms with Gasteiger partial charge in [-0.1, -0.05) is 12.1 Å². The van der Waals surface area contributed by atoms with E-state index in [1.165, 1.54) is 0 Å². The first-order valence-electron chi connectivity index (χ1n) is 8.65. The number of ether oxygens (including phenoxy) is 1. The molecule has 0 aliphatic heterocycles. The number of rotatable bonds is 7. The zero-order valence-corrected chi connectivity index (χ0v) is 15.4. The third-order valence-corrected chi connectivity index (χ3v) is 3.62. The van der Waals surface area contributed by atoms with E-state index >= 15 is 0 Å². The summed E-state index contributed by atoms with van der Waals surface area (Å²) in [5.74, 6) is -0.204. The van der Waals surface area contributed by atoms with Gasteiger partial charge in [0.15, 0.2) is 5.96 Å². The van der Waals surface area contributed by atoms with Gasteiger partial charge in [0.05, 0.1) is 5.56 Å². The average molecular weight is 368 g/mol. The number of aryl methyl sites for hydroxylation is 1. The third kappa shape index (κ3) is 6.81. The number of nitrogens with two attached hydrogens (primary N) is 1. The summed E-state index contributed by atoms with van der Waals surface area (Å²) in [6.45, 7) is 3.85. The number of benzene rings is 2. The molecule has 0 spiro atoms. The molecular formula is C20H24N4O3. The van der Waals surface area contributed by atoms with Gasteiger partial charge in [0.25, 0.3) is 0 Å². The second kappa shape index (κ2) is 9.38. The highest BCUT2D eigenvalue weighted by Crippen LogP contribution is 2.16. The van der Waals surface area contributed by atoms with Gasteiger partial charge in [-0.3, -0.25) is 10.2 Å². The molecule has 27 heavy (non-hydrogen) atoms. The smallest absolute Gasteiger partial charge is 0.343 e. The number of guanidine groups is 1. The van der Waals surface area contributed by atoms with Crippen LogP contribution in [0.25, 0.3) is 0 Å². The molecule has 0 radical (unpaired) electrons. The van der Waals surface area contributed by atoms with Gasteiger partial charge in [0, 0.05) is 18.2 Å². The van der Waals surface area contributed by atoms with E-state index in [0.29, 0.717) is 29.8 Å². The van der Waals surface area contributed by atoms with Crippen molar-refractivity contribution >= 4 is 23.5 Å². The molecule has 0 fully saturated rings. The van der Waals surface area contributed by atoms with Crippen molar-refractivity contribution in [1.82, 2.24) is 5.32 Å². The van der Waals surface area contributed by atoms with Crippen molar-refractivity contribution < 1.29 is 14.3 Å². The van der Waals surface area contributed by atoms with E-state index in [1.807, 2.05) is 26.0 Å². The largest absolute Gasteiger partial charge is 0.423 e. The van der Waals surface area contributed by atoms with Crippen LogP contribution in [0.2, 0.25) is 0 Å². The lowest BCUT2D eigenvalue weighted by Crippen LogP contribution is -2.30. The standard InChI is InChI=1S/C20H24N4O3/c1-13(2)23-18(25)12-5-14-3-10-17(11-4-14)27-19(26)15-6-8-16(9-7-15)24-20(21)22/h3-4,6-11,13H,5,12H2,1-2H3,(H,23,25)(H4,21,22,24). The lowest BCUT2D eigenvalue weighted by molar-refractivity contribution is -0.121. The molecule has 0 aliphatic rings. The Bertz CT molecular complexity index is 799. The molecule has 0 unspecified atom stereocenters. The first-order chi connectivity index (χ1) is 12.8. The first-order valence-corrected chi connectivity index (χ1v) is 8.65. The van der Waals surface area contributed by atoms with Gasteiger partial charge in [0.1, 0.15) is 5.75 Å². The van der Waals surface area contributed by atoms with Crippen LogP contribution in [-0.4, -0.2) is 23.9 Å². The zero-order valence-electron chi connectivity index (χ0n) is 15.4. The fourth-order valence-electron chi connectivity index (χ4n) is 2.39. The molecule has 0 atom stereocenters. The highest BCUT2D eigenvalue weighted by molar-refractivity contribution is 5.93. The predicted molar refractivity (Wildman–Crippen MR) is 105 cm³/mol. The van der Waals surface area contributed by atoms with E-state index in [1.54, 1.807) is 36.4 Å². The van der Waals surface area contributed by atoms with Crippen LogP contribution in [0.3, 0.4) is 0 Å². The van der Waals surface area contributed by atoms with Gasteiger partial charge in [0.2, 0.25) is 5.91 Å². The van der Waals surface area contributed by atoms with Gasteiger partial charge in [-0.25, -0.2) is 4.79 Å². The Kier molecular flexibility index (Phi) is 6.93. The zero-order chi connectivity index (χ0) is 19.8. The van der Waals surface area contributed by atoms with E-state index in [9.17, 15) is 9.59 Å². The number of esters is 1. The summed E-state index contributed by atoms with van der Waals surface area (Å²) in [7, 11) is 0. The van der Waals surface area contributed by atoms with Gasteiger partial charge in [-0.15, -0.1) is 0 Å². The molecule has 2 aromatic carbocycles. The van der Waals surface area contributed by atoms with Crippen LogP contribution in [0.15, 0.2) is 48.5 Å². The van der Waals surface area contributed by atoms with Crippen molar-refractivity contribution in [2.45, 2.75) is 32.7 Å². The summed E-state index contributed by atoms with van der Waals surface area (Å²) < 4.78 is 5.35. The van der Waals surface area contributed by atoms with Crippen LogP contribution in [0.4, 0.5) is 5.69 Å². The number of anilines is 1.